The van der Waals surface area contributed by atoms with Gasteiger partial charge in [0, 0.05) is 11.8 Å². The second kappa shape index (κ2) is 8.83. The van der Waals surface area contributed by atoms with Crippen LogP contribution in [0.15, 0.2) is 48.5 Å². The normalized spacial score (nSPS) is 10.2. The van der Waals surface area contributed by atoms with Crippen LogP contribution in [-0.4, -0.2) is 19.1 Å². The molecule has 122 valence electrons. The first-order valence-corrected chi connectivity index (χ1v) is 8.00. The summed E-state index contributed by atoms with van der Waals surface area (Å²) in [6, 6.07) is 14.6. The Balaban J connectivity index is 2.09. The lowest BCUT2D eigenvalue weighted by Gasteiger charge is -2.12. The quantitative estimate of drug-likeness (QED) is 0.729. The lowest BCUT2D eigenvalue weighted by atomic mass is 10.2. The minimum Gasteiger partial charge on any atom is -0.494 e. The zero-order valence-corrected chi connectivity index (χ0v) is 13.7. The molecule has 2 aromatic rings. The first kappa shape index (κ1) is 16.9. The van der Waals surface area contributed by atoms with E-state index >= 15 is 0 Å². The molecule has 4 nitrogen and oxygen atoms in total. The molecule has 1 amide bonds. The van der Waals surface area contributed by atoms with Crippen molar-refractivity contribution in [1.82, 2.24) is 0 Å². The minimum absolute atomic E-state index is 0.189. The van der Waals surface area contributed by atoms with Gasteiger partial charge in [-0.25, -0.2) is 0 Å². The van der Waals surface area contributed by atoms with Gasteiger partial charge >= 0.3 is 0 Å². The number of ether oxygens (including phenoxy) is 2. The van der Waals surface area contributed by atoms with E-state index in [1.54, 1.807) is 6.07 Å². The molecule has 23 heavy (non-hydrogen) atoms. The number of carbonyl (C=O) groups is 1. The van der Waals surface area contributed by atoms with Crippen LogP contribution in [0.4, 0.5) is 5.69 Å². The fourth-order valence-corrected chi connectivity index (χ4v) is 2.14. The molecular formula is C19H23NO3. The predicted octanol–water partition coefficient (Wildman–Crippen LogP) is 4.52. The molecule has 0 saturated heterocycles. The monoisotopic (exact) mass is 313 g/mol. The van der Waals surface area contributed by atoms with Crippen LogP contribution in [0.25, 0.3) is 0 Å². The van der Waals surface area contributed by atoms with Crippen molar-refractivity contribution in [2.45, 2.75) is 26.7 Å². The average Bonchev–Trinajstić information content (AvgIpc) is 2.56. The number of rotatable bonds is 8. The topological polar surface area (TPSA) is 47.6 Å². The second-order valence-electron chi connectivity index (χ2n) is 5.11. The van der Waals surface area contributed by atoms with Gasteiger partial charge in [0.1, 0.15) is 11.5 Å². The van der Waals surface area contributed by atoms with Gasteiger partial charge < -0.3 is 14.8 Å². The van der Waals surface area contributed by atoms with E-state index in [2.05, 4.69) is 12.2 Å². The lowest BCUT2D eigenvalue weighted by Crippen LogP contribution is -2.14. The molecule has 0 radical (unpaired) electrons. The average molecular weight is 313 g/mol. The van der Waals surface area contributed by atoms with Crippen molar-refractivity contribution in [1.29, 1.82) is 0 Å². The van der Waals surface area contributed by atoms with E-state index in [-0.39, 0.29) is 5.91 Å². The maximum atomic E-state index is 12.5. The molecular weight excluding hydrogens is 290 g/mol. The van der Waals surface area contributed by atoms with Gasteiger partial charge in [-0.05, 0) is 37.6 Å². The number of nitrogens with one attached hydrogen (secondary N) is 1. The first-order chi connectivity index (χ1) is 11.2. The molecule has 0 bridgehead atoms. The van der Waals surface area contributed by atoms with E-state index in [4.69, 9.17) is 9.47 Å². The third kappa shape index (κ3) is 5.02. The van der Waals surface area contributed by atoms with Gasteiger partial charge in [0.2, 0.25) is 0 Å². The summed E-state index contributed by atoms with van der Waals surface area (Å²) in [5.74, 6) is 1.16. The first-order valence-electron chi connectivity index (χ1n) is 8.00. The zero-order valence-electron chi connectivity index (χ0n) is 13.7. The fourth-order valence-electron chi connectivity index (χ4n) is 2.14. The van der Waals surface area contributed by atoms with Crippen molar-refractivity contribution in [3.63, 3.8) is 0 Å². The van der Waals surface area contributed by atoms with Crippen LogP contribution in [-0.2, 0) is 0 Å². The van der Waals surface area contributed by atoms with Gasteiger partial charge in [-0.3, -0.25) is 4.79 Å². The molecule has 0 aliphatic rings. The molecule has 0 fully saturated rings. The molecule has 0 unspecified atom stereocenters. The standard InChI is InChI=1S/C19H23NO3/c1-3-5-13-23-18-12-7-6-11-17(18)19(21)20-15-9-8-10-16(14-15)22-4-2/h6-12,14H,3-5,13H2,1-2H3,(H,20,21). The van der Waals surface area contributed by atoms with Crippen molar-refractivity contribution in [3.05, 3.63) is 54.1 Å². The van der Waals surface area contributed by atoms with Gasteiger partial charge in [-0.1, -0.05) is 31.5 Å². The Morgan fingerprint density at radius 2 is 1.87 bits per heavy atom. The summed E-state index contributed by atoms with van der Waals surface area (Å²) >= 11 is 0. The SMILES string of the molecule is CCCCOc1ccccc1C(=O)Nc1cccc(OCC)c1. The molecule has 0 aliphatic carbocycles. The fraction of sp³-hybridized carbons (Fsp3) is 0.316. The van der Waals surface area contributed by atoms with E-state index in [1.807, 2.05) is 49.4 Å². The molecule has 2 rings (SSSR count). The van der Waals surface area contributed by atoms with Crippen molar-refractivity contribution in [2.75, 3.05) is 18.5 Å². The molecule has 0 aliphatic heterocycles. The van der Waals surface area contributed by atoms with Crippen LogP contribution in [0, 0.1) is 0 Å². The highest BCUT2D eigenvalue weighted by Gasteiger charge is 2.12. The molecule has 4 heteroatoms. The number of unbranched alkanes of at least 4 members (excludes halogenated alkanes) is 1. The summed E-state index contributed by atoms with van der Waals surface area (Å²) < 4.78 is 11.2. The van der Waals surface area contributed by atoms with Gasteiger partial charge in [0.15, 0.2) is 0 Å². The number of para-hydroxylation sites is 1. The van der Waals surface area contributed by atoms with Crippen molar-refractivity contribution in [2.24, 2.45) is 0 Å². The molecule has 0 spiro atoms. The molecule has 2 aromatic carbocycles. The van der Waals surface area contributed by atoms with Gasteiger partial charge in [0.05, 0.1) is 18.8 Å². The van der Waals surface area contributed by atoms with Crippen LogP contribution in [0.1, 0.15) is 37.0 Å². The van der Waals surface area contributed by atoms with Crippen molar-refractivity contribution < 1.29 is 14.3 Å². The summed E-state index contributed by atoms with van der Waals surface area (Å²) in [5, 5.41) is 2.89. The third-order valence-corrected chi connectivity index (χ3v) is 3.29. The number of anilines is 1. The summed E-state index contributed by atoms with van der Waals surface area (Å²) in [6.07, 6.45) is 2.02. The summed E-state index contributed by atoms with van der Waals surface area (Å²) in [6.45, 7) is 5.23. The smallest absolute Gasteiger partial charge is 0.259 e. The number of hydrogen-bond donors (Lipinski definition) is 1. The predicted molar refractivity (Wildman–Crippen MR) is 92.4 cm³/mol. The summed E-state index contributed by atoms with van der Waals surface area (Å²) in [7, 11) is 0. The molecule has 0 aromatic heterocycles. The summed E-state index contributed by atoms with van der Waals surface area (Å²) in [4.78, 5) is 12.5. The van der Waals surface area contributed by atoms with Gasteiger partial charge in [0.25, 0.3) is 5.91 Å². The second-order valence-corrected chi connectivity index (χ2v) is 5.11. The third-order valence-electron chi connectivity index (χ3n) is 3.29. The Morgan fingerprint density at radius 1 is 1.04 bits per heavy atom. The minimum atomic E-state index is -0.189. The largest absolute Gasteiger partial charge is 0.494 e. The Morgan fingerprint density at radius 3 is 2.65 bits per heavy atom. The maximum absolute atomic E-state index is 12.5. The van der Waals surface area contributed by atoms with Crippen LogP contribution < -0.4 is 14.8 Å². The van der Waals surface area contributed by atoms with E-state index in [1.165, 1.54) is 0 Å². The van der Waals surface area contributed by atoms with Crippen LogP contribution in [0.3, 0.4) is 0 Å². The zero-order chi connectivity index (χ0) is 16.5. The number of benzene rings is 2. The Kier molecular flexibility index (Phi) is 6.48. The van der Waals surface area contributed by atoms with Crippen LogP contribution in [0.5, 0.6) is 11.5 Å². The molecule has 0 saturated carbocycles. The number of amides is 1. The maximum Gasteiger partial charge on any atom is 0.259 e. The van der Waals surface area contributed by atoms with Gasteiger partial charge in [-0.15, -0.1) is 0 Å². The van der Waals surface area contributed by atoms with Crippen molar-refractivity contribution in [3.8, 4) is 11.5 Å². The Bertz CT molecular complexity index is 640. The Hall–Kier alpha value is -2.49. The number of hydrogen-bond acceptors (Lipinski definition) is 3. The molecule has 0 atom stereocenters. The highest BCUT2D eigenvalue weighted by molar-refractivity contribution is 6.06. The van der Waals surface area contributed by atoms with E-state index in [0.29, 0.717) is 30.2 Å². The van der Waals surface area contributed by atoms with Crippen LogP contribution in [0.2, 0.25) is 0 Å². The van der Waals surface area contributed by atoms with E-state index in [9.17, 15) is 4.79 Å². The number of carbonyl (C=O) groups excluding carboxylic acids is 1. The highest BCUT2D eigenvalue weighted by Crippen LogP contribution is 2.22. The lowest BCUT2D eigenvalue weighted by molar-refractivity contribution is 0.102. The molecule has 1 N–H and O–H groups in total. The highest BCUT2D eigenvalue weighted by atomic mass is 16.5. The summed E-state index contributed by atoms with van der Waals surface area (Å²) in [5.41, 5.74) is 1.23. The van der Waals surface area contributed by atoms with E-state index < -0.39 is 0 Å². The van der Waals surface area contributed by atoms with Crippen molar-refractivity contribution >= 4 is 11.6 Å². The molecule has 0 heterocycles. The van der Waals surface area contributed by atoms with Crippen LogP contribution >= 0.6 is 0 Å². The van der Waals surface area contributed by atoms with E-state index in [0.717, 1.165) is 18.6 Å². The Labute approximate surface area is 137 Å². The van der Waals surface area contributed by atoms with Gasteiger partial charge in [-0.2, -0.15) is 0 Å².